The first kappa shape index (κ1) is 16.7. The molecule has 0 unspecified atom stereocenters. The lowest BCUT2D eigenvalue weighted by atomic mass is 10.1. The second-order valence-electron chi connectivity index (χ2n) is 5.66. The maximum atomic E-state index is 4.65. The minimum atomic E-state index is 0.661. The zero-order chi connectivity index (χ0) is 17.3. The van der Waals surface area contributed by atoms with Crippen molar-refractivity contribution in [2.75, 3.05) is 23.7 Å². The van der Waals surface area contributed by atoms with E-state index in [-0.39, 0.29) is 0 Å². The van der Waals surface area contributed by atoms with Crippen molar-refractivity contribution in [3.8, 4) is 11.4 Å². The first-order valence-electron chi connectivity index (χ1n) is 8.42. The molecule has 1 aromatic heterocycles. The van der Waals surface area contributed by atoms with Gasteiger partial charge in [0.15, 0.2) is 5.82 Å². The maximum Gasteiger partial charge on any atom is 0.163 e. The van der Waals surface area contributed by atoms with Crippen molar-refractivity contribution in [1.82, 2.24) is 9.97 Å². The normalized spacial score (nSPS) is 10.2. The number of hydrogen-bond donors (Lipinski definition) is 2. The molecule has 0 saturated heterocycles. The molecule has 0 amide bonds. The van der Waals surface area contributed by atoms with Crippen molar-refractivity contribution in [2.45, 2.75) is 6.42 Å². The molecule has 0 aliphatic rings. The summed E-state index contributed by atoms with van der Waals surface area (Å²) in [6, 6.07) is 22.4. The summed E-state index contributed by atoms with van der Waals surface area (Å²) in [6.07, 6.45) is 2.76. The van der Waals surface area contributed by atoms with Crippen molar-refractivity contribution >= 4 is 11.6 Å². The summed E-state index contributed by atoms with van der Waals surface area (Å²) in [4.78, 5) is 9.25. The van der Waals surface area contributed by atoms with Crippen LogP contribution in [0.1, 0.15) is 5.56 Å². The highest BCUT2D eigenvalue weighted by Crippen LogP contribution is 2.20. The van der Waals surface area contributed by atoms with E-state index in [0.29, 0.717) is 12.4 Å². The SMILES string of the molecule is C=CCNc1cc(NCCc2ccccc2)nc(-c2ccccc2)n1. The van der Waals surface area contributed by atoms with Gasteiger partial charge < -0.3 is 10.6 Å². The van der Waals surface area contributed by atoms with E-state index in [1.54, 1.807) is 0 Å². The molecule has 0 aliphatic carbocycles. The van der Waals surface area contributed by atoms with Crippen molar-refractivity contribution in [3.05, 3.63) is 84.9 Å². The lowest BCUT2D eigenvalue weighted by Crippen LogP contribution is -2.09. The predicted molar refractivity (Wildman–Crippen MR) is 105 cm³/mol. The fourth-order valence-electron chi connectivity index (χ4n) is 2.50. The summed E-state index contributed by atoms with van der Waals surface area (Å²) in [7, 11) is 0. The Bertz CT molecular complexity index is 801. The van der Waals surface area contributed by atoms with E-state index in [4.69, 9.17) is 0 Å². The first-order valence-corrected chi connectivity index (χ1v) is 8.42. The Morgan fingerprint density at radius 2 is 1.48 bits per heavy atom. The molecule has 0 atom stereocenters. The van der Waals surface area contributed by atoms with Crippen molar-refractivity contribution in [2.24, 2.45) is 0 Å². The molecule has 3 aromatic rings. The third kappa shape index (κ3) is 4.91. The van der Waals surface area contributed by atoms with Gasteiger partial charge in [0, 0.05) is 24.7 Å². The summed E-state index contributed by atoms with van der Waals surface area (Å²) in [5, 5.41) is 6.65. The average Bonchev–Trinajstić information content (AvgIpc) is 2.68. The molecule has 4 nitrogen and oxygen atoms in total. The third-order valence-corrected chi connectivity index (χ3v) is 3.75. The van der Waals surface area contributed by atoms with Crippen molar-refractivity contribution < 1.29 is 0 Å². The topological polar surface area (TPSA) is 49.8 Å². The summed E-state index contributed by atoms with van der Waals surface area (Å²) in [5.74, 6) is 2.31. The van der Waals surface area contributed by atoms with Gasteiger partial charge in [-0.2, -0.15) is 0 Å². The van der Waals surface area contributed by atoms with E-state index in [2.05, 4.69) is 51.4 Å². The molecule has 0 fully saturated rings. The van der Waals surface area contributed by atoms with Crippen LogP contribution in [-0.4, -0.2) is 23.1 Å². The number of anilines is 2. The minimum Gasteiger partial charge on any atom is -0.370 e. The van der Waals surface area contributed by atoms with E-state index in [1.807, 2.05) is 48.5 Å². The average molecular weight is 330 g/mol. The fourth-order valence-corrected chi connectivity index (χ4v) is 2.50. The summed E-state index contributed by atoms with van der Waals surface area (Å²) in [6.45, 7) is 5.22. The number of benzene rings is 2. The molecule has 3 rings (SSSR count). The molecule has 2 N–H and O–H groups in total. The fraction of sp³-hybridized carbons (Fsp3) is 0.143. The van der Waals surface area contributed by atoms with Crippen LogP contribution in [0.4, 0.5) is 11.6 Å². The van der Waals surface area contributed by atoms with Crippen LogP contribution in [0.25, 0.3) is 11.4 Å². The van der Waals surface area contributed by atoms with Crippen molar-refractivity contribution in [3.63, 3.8) is 0 Å². The van der Waals surface area contributed by atoms with E-state index in [1.165, 1.54) is 5.56 Å². The molecule has 0 aliphatic heterocycles. The molecule has 25 heavy (non-hydrogen) atoms. The quantitative estimate of drug-likeness (QED) is 0.601. The molecule has 0 radical (unpaired) electrons. The van der Waals surface area contributed by atoms with Gasteiger partial charge in [-0.3, -0.25) is 0 Å². The van der Waals surface area contributed by atoms with Crippen LogP contribution >= 0.6 is 0 Å². The number of rotatable bonds is 8. The Morgan fingerprint density at radius 1 is 0.840 bits per heavy atom. The minimum absolute atomic E-state index is 0.661. The largest absolute Gasteiger partial charge is 0.370 e. The first-order chi connectivity index (χ1) is 12.3. The van der Waals surface area contributed by atoms with Gasteiger partial charge in [-0.1, -0.05) is 66.7 Å². The smallest absolute Gasteiger partial charge is 0.163 e. The van der Waals surface area contributed by atoms with Crippen LogP contribution in [0.2, 0.25) is 0 Å². The summed E-state index contributed by atoms with van der Waals surface area (Å²) < 4.78 is 0. The van der Waals surface area contributed by atoms with Crippen molar-refractivity contribution in [1.29, 1.82) is 0 Å². The molecule has 2 aromatic carbocycles. The molecular weight excluding hydrogens is 308 g/mol. The van der Waals surface area contributed by atoms with Gasteiger partial charge in [0.1, 0.15) is 11.6 Å². The summed E-state index contributed by atoms with van der Waals surface area (Å²) in [5.41, 5.74) is 2.30. The van der Waals surface area contributed by atoms with Gasteiger partial charge in [-0.15, -0.1) is 6.58 Å². The van der Waals surface area contributed by atoms with Crippen LogP contribution in [0.15, 0.2) is 79.4 Å². The Kier molecular flexibility index (Phi) is 5.77. The third-order valence-electron chi connectivity index (χ3n) is 3.75. The highest BCUT2D eigenvalue weighted by Gasteiger charge is 2.06. The number of nitrogens with zero attached hydrogens (tertiary/aromatic N) is 2. The Balaban J connectivity index is 1.76. The molecule has 126 valence electrons. The Morgan fingerprint density at radius 3 is 2.16 bits per heavy atom. The number of hydrogen-bond acceptors (Lipinski definition) is 4. The Labute approximate surface area is 148 Å². The van der Waals surface area contributed by atoms with Crippen LogP contribution in [0.3, 0.4) is 0 Å². The lowest BCUT2D eigenvalue weighted by molar-refractivity contribution is 1.00. The van der Waals surface area contributed by atoms with Gasteiger partial charge in [-0.25, -0.2) is 9.97 Å². The van der Waals surface area contributed by atoms with Crippen LogP contribution < -0.4 is 10.6 Å². The van der Waals surface area contributed by atoms with Gasteiger partial charge in [0.2, 0.25) is 0 Å². The van der Waals surface area contributed by atoms with Crippen LogP contribution in [0, 0.1) is 0 Å². The standard InChI is InChI=1S/C21H22N4/c1-2-14-22-19-16-20(23-15-13-17-9-5-3-6-10-17)25-21(24-19)18-11-7-4-8-12-18/h2-12,16H,1,13-15H2,(H2,22,23,24,25). The molecule has 4 heteroatoms. The molecule has 0 spiro atoms. The van der Waals surface area contributed by atoms with E-state index in [0.717, 1.165) is 30.2 Å². The van der Waals surface area contributed by atoms with Crippen LogP contribution in [0.5, 0.6) is 0 Å². The highest BCUT2D eigenvalue weighted by molar-refractivity contribution is 5.61. The van der Waals surface area contributed by atoms with Crippen LogP contribution in [-0.2, 0) is 6.42 Å². The predicted octanol–water partition coefficient (Wildman–Crippen LogP) is 4.40. The zero-order valence-corrected chi connectivity index (χ0v) is 14.2. The van der Waals surface area contributed by atoms with Gasteiger partial charge in [0.05, 0.1) is 0 Å². The zero-order valence-electron chi connectivity index (χ0n) is 14.2. The van der Waals surface area contributed by atoms with E-state index < -0.39 is 0 Å². The Hall–Kier alpha value is -3.14. The molecular formula is C21H22N4. The second-order valence-corrected chi connectivity index (χ2v) is 5.66. The van der Waals surface area contributed by atoms with Gasteiger partial charge in [0.25, 0.3) is 0 Å². The van der Waals surface area contributed by atoms with E-state index >= 15 is 0 Å². The number of nitrogens with one attached hydrogen (secondary N) is 2. The molecule has 1 heterocycles. The highest BCUT2D eigenvalue weighted by atomic mass is 15.1. The summed E-state index contributed by atoms with van der Waals surface area (Å²) >= 11 is 0. The second kappa shape index (κ2) is 8.64. The van der Waals surface area contributed by atoms with Gasteiger partial charge >= 0.3 is 0 Å². The number of aromatic nitrogens is 2. The lowest BCUT2D eigenvalue weighted by Gasteiger charge is -2.11. The maximum absolute atomic E-state index is 4.65. The van der Waals surface area contributed by atoms with E-state index in [9.17, 15) is 0 Å². The monoisotopic (exact) mass is 330 g/mol. The molecule has 0 saturated carbocycles. The van der Waals surface area contributed by atoms with Gasteiger partial charge in [-0.05, 0) is 12.0 Å². The molecule has 0 bridgehead atoms.